The molecule has 0 aliphatic carbocycles. The molecular weight excluding hydrogens is 361 g/mol. The Labute approximate surface area is 131 Å². The Morgan fingerprint density at radius 3 is 2.43 bits per heavy atom. The number of ether oxygens (including phenoxy) is 1. The minimum atomic E-state index is -3.76. The van der Waals surface area contributed by atoms with Crippen LogP contribution in [0.5, 0.6) is 5.75 Å². The number of anilines is 1. The standard InChI is InChI=1S/C14H13BrFNO3S/c1-20-14-8-12(5-2-10(14)9-15)17-21(18,19)13-6-3-11(16)4-7-13/h2-8,17H,9H2,1H3. The molecule has 7 heteroatoms. The van der Waals surface area contributed by atoms with Crippen molar-refractivity contribution in [3.05, 3.63) is 53.8 Å². The van der Waals surface area contributed by atoms with E-state index in [-0.39, 0.29) is 4.90 Å². The van der Waals surface area contributed by atoms with Crippen LogP contribution in [0.2, 0.25) is 0 Å². The molecule has 21 heavy (non-hydrogen) atoms. The van der Waals surface area contributed by atoms with Crippen LogP contribution in [0.3, 0.4) is 0 Å². The number of sulfonamides is 1. The van der Waals surface area contributed by atoms with Crippen LogP contribution in [-0.4, -0.2) is 15.5 Å². The molecule has 0 aliphatic heterocycles. The van der Waals surface area contributed by atoms with Crippen molar-refractivity contribution < 1.29 is 17.5 Å². The molecule has 0 radical (unpaired) electrons. The fourth-order valence-corrected chi connectivity index (χ4v) is 3.26. The molecule has 0 aliphatic rings. The molecule has 0 aromatic heterocycles. The molecule has 0 unspecified atom stereocenters. The van der Waals surface area contributed by atoms with E-state index in [1.807, 2.05) is 0 Å². The number of nitrogens with one attached hydrogen (secondary N) is 1. The van der Waals surface area contributed by atoms with Crippen LogP contribution in [0.25, 0.3) is 0 Å². The molecular formula is C14H13BrFNO3S. The average Bonchev–Trinajstić information content (AvgIpc) is 2.47. The predicted octanol–water partition coefficient (Wildman–Crippen LogP) is 3.53. The number of rotatable bonds is 5. The van der Waals surface area contributed by atoms with E-state index in [0.29, 0.717) is 16.8 Å². The molecule has 0 heterocycles. The van der Waals surface area contributed by atoms with Crippen molar-refractivity contribution in [2.24, 2.45) is 0 Å². The van der Waals surface area contributed by atoms with Gasteiger partial charge in [-0.25, -0.2) is 12.8 Å². The van der Waals surface area contributed by atoms with Gasteiger partial charge in [0.2, 0.25) is 0 Å². The highest BCUT2D eigenvalue weighted by Gasteiger charge is 2.15. The monoisotopic (exact) mass is 373 g/mol. The van der Waals surface area contributed by atoms with Gasteiger partial charge in [0, 0.05) is 17.0 Å². The molecule has 0 amide bonds. The van der Waals surface area contributed by atoms with Crippen LogP contribution in [0.15, 0.2) is 47.4 Å². The Morgan fingerprint density at radius 2 is 1.86 bits per heavy atom. The quantitative estimate of drug-likeness (QED) is 0.815. The average molecular weight is 374 g/mol. The summed E-state index contributed by atoms with van der Waals surface area (Å²) < 4.78 is 44.8. The smallest absolute Gasteiger partial charge is 0.261 e. The van der Waals surface area contributed by atoms with E-state index in [9.17, 15) is 12.8 Å². The third-order valence-electron chi connectivity index (χ3n) is 2.81. The molecule has 0 saturated carbocycles. The Bertz CT molecular complexity index is 732. The Morgan fingerprint density at radius 1 is 1.19 bits per heavy atom. The van der Waals surface area contributed by atoms with Crippen LogP contribution in [0.4, 0.5) is 10.1 Å². The highest BCUT2D eigenvalue weighted by atomic mass is 79.9. The number of methoxy groups -OCH3 is 1. The van der Waals surface area contributed by atoms with Gasteiger partial charge < -0.3 is 4.74 Å². The summed E-state index contributed by atoms with van der Waals surface area (Å²) in [5, 5.41) is 0.598. The lowest BCUT2D eigenvalue weighted by atomic mass is 10.2. The van der Waals surface area contributed by atoms with E-state index >= 15 is 0 Å². The van der Waals surface area contributed by atoms with Crippen LogP contribution in [0.1, 0.15) is 5.56 Å². The second-order valence-electron chi connectivity index (χ2n) is 4.22. The molecule has 0 fully saturated rings. The van der Waals surface area contributed by atoms with Gasteiger partial charge in [-0.2, -0.15) is 0 Å². The van der Waals surface area contributed by atoms with Gasteiger partial charge in [-0.1, -0.05) is 22.0 Å². The van der Waals surface area contributed by atoms with Gasteiger partial charge in [0.1, 0.15) is 11.6 Å². The van der Waals surface area contributed by atoms with E-state index in [4.69, 9.17) is 4.74 Å². The molecule has 112 valence electrons. The molecule has 2 aromatic carbocycles. The molecule has 1 N–H and O–H groups in total. The van der Waals surface area contributed by atoms with Crippen LogP contribution in [-0.2, 0) is 15.4 Å². The summed E-state index contributed by atoms with van der Waals surface area (Å²) in [5.74, 6) is 0.0866. The first-order valence-electron chi connectivity index (χ1n) is 5.97. The Kier molecular flexibility index (Phi) is 4.84. The van der Waals surface area contributed by atoms with Crippen LogP contribution in [0, 0.1) is 5.82 Å². The molecule has 2 aromatic rings. The van der Waals surface area contributed by atoms with Gasteiger partial charge in [-0.05, 0) is 30.3 Å². The predicted molar refractivity (Wildman–Crippen MR) is 82.8 cm³/mol. The van der Waals surface area contributed by atoms with Gasteiger partial charge >= 0.3 is 0 Å². The van der Waals surface area contributed by atoms with Crippen molar-refractivity contribution in [2.75, 3.05) is 11.8 Å². The summed E-state index contributed by atoms with van der Waals surface area (Å²) in [5.41, 5.74) is 1.28. The number of hydrogen-bond donors (Lipinski definition) is 1. The first-order valence-corrected chi connectivity index (χ1v) is 8.58. The number of alkyl halides is 1. The molecule has 0 saturated heterocycles. The van der Waals surface area contributed by atoms with Crippen molar-refractivity contribution >= 4 is 31.6 Å². The number of halogens is 2. The van der Waals surface area contributed by atoms with E-state index in [1.54, 1.807) is 18.2 Å². The maximum Gasteiger partial charge on any atom is 0.261 e. The zero-order chi connectivity index (χ0) is 15.5. The third-order valence-corrected chi connectivity index (χ3v) is 4.81. The number of hydrogen-bond acceptors (Lipinski definition) is 3. The van der Waals surface area contributed by atoms with Crippen molar-refractivity contribution in [2.45, 2.75) is 10.2 Å². The van der Waals surface area contributed by atoms with Crippen molar-refractivity contribution in [1.29, 1.82) is 0 Å². The molecule has 4 nitrogen and oxygen atoms in total. The van der Waals surface area contributed by atoms with Crippen molar-refractivity contribution in [1.82, 2.24) is 0 Å². The fraction of sp³-hybridized carbons (Fsp3) is 0.143. The van der Waals surface area contributed by atoms with Gasteiger partial charge in [0.15, 0.2) is 0 Å². The lowest BCUT2D eigenvalue weighted by molar-refractivity contribution is 0.411. The van der Waals surface area contributed by atoms with E-state index < -0.39 is 15.8 Å². The molecule has 0 spiro atoms. The fourth-order valence-electron chi connectivity index (χ4n) is 1.75. The van der Waals surface area contributed by atoms with Gasteiger partial charge in [0.05, 0.1) is 17.7 Å². The molecule has 0 atom stereocenters. The zero-order valence-corrected chi connectivity index (χ0v) is 13.5. The maximum atomic E-state index is 12.8. The summed E-state index contributed by atoms with van der Waals surface area (Å²) in [6, 6.07) is 9.61. The lowest BCUT2D eigenvalue weighted by Gasteiger charge is -2.11. The molecule has 0 bridgehead atoms. The second-order valence-corrected chi connectivity index (χ2v) is 6.46. The maximum absolute atomic E-state index is 12.8. The van der Waals surface area contributed by atoms with Gasteiger partial charge in [0.25, 0.3) is 10.0 Å². The summed E-state index contributed by atoms with van der Waals surface area (Å²) in [4.78, 5) is -0.00700. The van der Waals surface area contributed by atoms with Crippen molar-refractivity contribution in [3.8, 4) is 5.75 Å². The Hall–Kier alpha value is -1.60. The summed E-state index contributed by atoms with van der Waals surface area (Å²) in [6.07, 6.45) is 0. The number of benzene rings is 2. The van der Waals surface area contributed by atoms with Crippen LogP contribution < -0.4 is 9.46 Å². The minimum Gasteiger partial charge on any atom is -0.496 e. The van der Waals surface area contributed by atoms with Crippen LogP contribution >= 0.6 is 15.9 Å². The first-order chi connectivity index (χ1) is 9.96. The highest BCUT2D eigenvalue weighted by Crippen LogP contribution is 2.26. The third kappa shape index (κ3) is 3.74. The first kappa shape index (κ1) is 15.8. The second kappa shape index (κ2) is 6.44. The summed E-state index contributed by atoms with van der Waals surface area (Å²) >= 11 is 3.32. The van der Waals surface area contributed by atoms with Gasteiger partial charge in [-0.3, -0.25) is 4.72 Å². The van der Waals surface area contributed by atoms with E-state index in [1.165, 1.54) is 19.2 Å². The molecule has 2 rings (SSSR count). The lowest BCUT2D eigenvalue weighted by Crippen LogP contribution is -2.13. The summed E-state index contributed by atoms with van der Waals surface area (Å²) in [6.45, 7) is 0. The van der Waals surface area contributed by atoms with E-state index in [0.717, 1.165) is 17.7 Å². The van der Waals surface area contributed by atoms with E-state index in [2.05, 4.69) is 20.7 Å². The normalized spacial score (nSPS) is 11.2. The largest absolute Gasteiger partial charge is 0.496 e. The minimum absolute atomic E-state index is 0.00700. The topological polar surface area (TPSA) is 55.4 Å². The highest BCUT2D eigenvalue weighted by molar-refractivity contribution is 9.08. The zero-order valence-electron chi connectivity index (χ0n) is 11.1. The van der Waals surface area contributed by atoms with Crippen molar-refractivity contribution in [3.63, 3.8) is 0 Å². The van der Waals surface area contributed by atoms with Gasteiger partial charge in [-0.15, -0.1) is 0 Å². The Balaban J connectivity index is 2.30. The SMILES string of the molecule is COc1cc(NS(=O)(=O)c2ccc(F)cc2)ccc1CBr. The summed E-state index contributed by atoms with van der Waals surface area (Å²) in [7, 11) is -2.24.